The van der Waals surface area contributed by atoms with Gasteiger partial charge in [-0.1, -0.05) is 0 Å². The molecule has 2 heterocycles. The number of piperidine rings is 1. The van der Waals surface area contributed by atoms with Crippen molar-refractivity contribution in [2.45, 2.75) is 45.6 Å². The molecular formula is C19H27ClN2O3. The zero-order valence-corrected chi connectivity index (χ0v) is 15.7. The van der Waals surface area contributed by atoms with Crippen LogP contribution < -0.4 is 20.1 Å². The fourth-order valence-electron chi connectivity index (χ4n) is 4.23. The second-order valence-electron chi connectivity index (χ2n) is 7.38. The van der Waals surface area contributed by atoms with Crippen LogP contribution in [0.2, 0.25) is 0 Å². The van der Waals surface area contributed by atoms with Gasteiger partial charge in [-0.3, -0.25) is 4.79 Å². The highest BCUT2D eigenvalue weighted by molar-refractivity contribution is 5.96. The van der Waals surface area contributed by atoms with Crippen LogP contribution in [0.5, 0.6) is 11.5 Å². The fraction of sp³-hybridized carbons (Fsp3) is 0.632. The summed E-state index contributed by atoms with van der Waals surface area (Å²) in [6.07, 6.45) is 4.30. The van der Waals surface area contributed by atoms with E-state index in [1.807, 2.05) is 19.1 Å². The number of nitrogens with one attached hydrogen (secondary N) is 2. The van der Waals surface area contributed by atoms with Gasteiger partial charge in [0.25, 0.3) is 0 Å². The van der Waals surface area contributed by atoms with Crippen LogP contribution >= 0.6 is 12.4 Å². The second-order valence-corrected chi connectivity index (χ2v) is 7.38. The van der Waals surface area contributed by atoms with E-state index in [1.54, 1.807) is 0 Å². The van der Waals surface area contributed by atoms with Crippen molar-refractivity contribution in [3.8, 4) is 11.5 Å². The number of hydrogen-bond acceptors (Lipinski definition) is 4. The number of halogens is 1. The summed E-state index contributed by atoms with van der Waals surface area (Å²) in [5.74, 6) is 1.89. The standard InChI is InChI=1S/C19H26N2O3.ClH/c1-3-23-17-9-13-8-12(2)24-16(13)10-15(17)21-18(22)14-11-19(14)4-6-20-7-5-19;/h9-10,12,14,20H,3-8,11H2,1-2H3,(H,21,22);1H. The Kier molecular flexibility index (Phi) is 5.16. The minimum absolute atomic E-state index is 0. The molecule has 1 saturated heterocycles. The van der Waals surface area contributed by atoms with Gasteiger partial charge in [0.15, 0.2) is 0 Å². The molecular weight excluding hydrogens is 340 g/mol. The normalized spacial score (nSPS) is 25.5. The van der Waals surface area contributed by atoms with Crippen LogP contribution in [-0.2, 0) is 11.2 Å². The Morgan fingerprint density at radius 2 is 2.16 bits per heavy atom. The molecule has 3 aliphatic rings. The summed E-state index contributed by atoms with van der Waals surface area (Å²) >= 11 is 0. The molecule has 1 amide bonds. The molecule has 6 heteroatoms. The predicted octanol–water partition coefficient (Wildman–Crippen LogP) is 3.16. The lowest BCUT2D eigenvalue weighted by Crippen LogP contribution is -2.31. The van der Waals surface area contributed by atoms with Crippen LogP contribution in [-0.4, -0.2) is 31.7 Å². The van der Waals surface area contributed by atoms with Gasteiger partial charge in [0.2, 0.25) is 5.91 Å². The van der Waals surface area contributed by atoms with Crippen molar-refractivity contribution in [2.24, 2.45) is 11.3 Å². The molecule has 1 aromatic rings. The third-order valence-electron chi connectivity index (χ3n) is 5.66. The molecule has 5 nitrogen and oxygen atoms in total. The van der Waals surface area contributed by atoms with Gasteiger partial charge in [-0.25, -0.2) is 0 Å². The topological polar surface area (TPSA) is 59.6 Å². The van der Waals surface area contributed by atoms with Crippen molar-refractivity contribution in [1.29, 1.82) is 0 Å². The Labute approximate surface area is 155 Å². The molecule has 138 valence electrons. The highest BCUT2D eigenvalue weighted by Crippen LogP contribution is 2.59. The van der Waals surface area contributed by atoms with Crippen molar-refractivity contribution in [3.63, 3.8) is 0 Å². The summed E-state index contributed by atoms with van der Waals surface area (Å²) in [5.41, 5.74) is 2.14. The van der Waals surface area contributed by atoms with E-state index in [9.17, 15) is 4.79 Å². The first-order valence-electron chi connectivity index (χ1n) is 9.09. The maximum absolute atomic E-state index is 12.7. The van der Waals surface area contributed by atoms with Gasteiger partial charge < -0.3 is 20.1 Å². The molecule has 2 unspecified atom stereocenters. The summed E-state index contributed by atoms with van der Waals surface area (Å²) in [6.45, 7) is 6.65. The SMILES string of the molecule is CCOc1cc2c(cc1NC(=O)C1CC13CCNCC3)OC(C)C2.Cl. The molecule has 0 radical (unpaired) electrons. The lowest BCUT2D eigenvalue weighted by molar-refractivity contribution is -0.118. The van der Waals surface area contributed by atoms with Gasteiger partial charge >= 0.3 is 0 Å². The molecule has 0 aromatic heterocycles. The number of fused-ring (bicyclic) bond motifs is 1. The van der Waals surface area contributed by atoms with Crippen molar-refractivity contribution < 1.29 is 14.3 Å². The second kappa shape index (κ2) is 7.04. The van der Waals surface area contributed by atoms with Crippen molar-refractivity contribution in [1.82, 2.24) is 5.32 Å². The Hall–Kier alpha value is -1.46. The third-order valence-corrected chi connectivity index (χ3v) is 5.66. The van der Waals surface area contributed by atoms with E-state index in [0.29, 0.717) is 6.61 Å². The Balaban J connectivity index is 0.00000182. The van der Waals surface area contributed by atoms with Gasteiger partial charge in [0.1, 0.15) is 17.6 Å². The highest BCUT2D eigenvalue weighted by atomic mass is 35.5. The molecule has 0 bridgehead atoms. The molecule has 1 aromatic carbocycles. The first-order chi connectivity index (χ1) is 11.6. The maximum Gasteiger partial charge on any atom is 0.228 e. The molecule has 2 aliphatic heterocycles. The van der Waals surface area contributed by atoms with Crippen LogP contribution in [0, 0.1) is 11.3 Å². The summed E-state index contributed by atoms with van der Waals surface area (Å²) < 4.78 is 11.6. The van der Waals surface area contributed by atoms with Crippen molar-refractivity contribution in [2.75, 3.05) is 25.0 Å². The van der Waals surface area contributed by atoms with Crippen LogP contribution in [0.25, 0.3) is 0 Å². The van der Waals surface area contributed by atoms with Gasteiger partial charge in [0.05, 0.1) is 12.3 Å². The number of benzene rings is 1. The summed E-state index contributed by atoms with van der Waals surface area (Å²) in [5, 5.41) is 6.49. The fourth-order valence-corrected chi connectivity index (χ4v) is 4.23. The molecule has 1 spiro atoms. The monoisotopic (exact) mass is 366 g/mol. The molecule has 2 fully saturated rings. The molecule has 1 saturated carbocycles. The molecule has 2 atom stereocenters. The van der Waals surface area contributed by atoms with Gasteiger partial charge in [-0.05, 0) is 57.7 Å². The van der Waals surface area contributed by atoms with Crippen molar-refractivity contribution in [3.05, 3.63) is 17.7 Å². The minimum Gasteiger partial charge on any atom is -0.492 e. The van der Waals surface area contributed by atoms with Gasteiger partial charge in [-0.15, -0.1) is 12.4 Å². The first-order valence-corrected chi connectivity index (χ1v) is 9.09. The van der Waals surface area contributed by atoms with Crippen LogP contribution in [0.15, 0.2) is 12.1 Å². The number of amides is 1. The van der Waals surface area contributed by atoms with E-state index < -0.39 is 0 Å². The smallest absolute Gasteiger partial charge is 0.228 e. The number of anilines is 1. The zero-order chi connectivity index (χ0) is 16.7. The summed E-state index contributed by atoms with van der Waals surface area (Å²) in [6, 6.07) is 3.95. The molecule has 1 aliphatic carbocycles. The van der Waals surface area contributed by atoms with E-state index in [2.05, 4.69) is 17.6 Å². The first kappa shape index (κ1) is 18.3. The quantitative estimate of drug-likeness (QED) is 0.859. The number of ether oxygens (including phenoxy) is 2. The minimum atomic E-state index is 0. The van der Waals surface area contributed by atoms with Gasteiger partial charge in [0, 0.05) is 24.0 Å². The van der Waals surface area contributed by atoms with E-state index in [1.165, 1.54) is 0 Å². The van der Waals surface area contributed by atoms with Gasteiger partial charge in [-0.2, -0.15) is 0 Å². The lowest BCUT2D eigenvalue weighted by atomic mass is 9.92. The summed E-state index contributed by atoms with van der Waals surface area (Å²) in [7, 11) is 0. The number of hydrogen-bond donors (Lipinski definition) is 2. The van der Waals surface area contributed by atoms with Crippen molar-refractivity contribution >= 4 is 24.0 Å². The van der Waals surface area contributed by atoms with E-state index in [-0.39, 0.29) is 35.8 Å². The predicted molar refractivity (Wildman–Crippen MR) is 99.9 cm³/mol. The number of rotatable bonds is 4. The lowest BCUT2D eigenvalue weighted by Gasteiger charge is -2.23. The number of carbonyl (C=O) groups is 1. The van der Waals surface area contributed by atoms with Crippen LogP contribution in [0.3, 0.4) is 0 Å². The third kappa shape index (κ3) is 3.44. The highest BCUT2D eigenvalue weighted by Gasteiger charge is 2.57. The van der Waals surface area contributed by atoms with Crippen LogP contribution in [0.4, 0.5) is 5.69 Å². The Morgan fingerprint density at radius 3 is 2.88 bits per heavy atom. The summed E-state index contributed by atoms with van der Waals surface area (Å²) in [4.78, 5) is 12.7. The van der Waals surface area contributed by atoms with Crippen LogP contribution in [0.1, 0.15) is 38.7 Å². The maximum atomic E-state index is 12.7. The van der Waals surface area contributed by atoms with E-state index >= 15 is 0 Å². The average Bonchev–Trinajstić information content (AvgIpc) is 3.12. The van der Waals surface area contributed by atoms with E-state index in [4.69, 9.17) is 9.47 Å². The molecule has 4 rings (SSSR count). The molecule has 2 N–H and O–H groups in total. The zero-order valence-electron chi connectivity index (χ0n) is 14.9. The Morgan fingerprint density at radius 1 is 1.40 bits per heavy atom. The molecule has 25 heavy (non-hydrogen) atoms. The van der Waals surface area contributed by atoms with E-state index in [0.717, 1.165) is 61.5 Å². The average molecular weight is 367 g/mol. The number of carbonyl (C=O) groups excluding carboxylic acids is 1. The Bertz CT molecular complexity index is 658. The largest absolute Gasteiger partial charge is 0.492 e.